The van der Waals surface area contributed by atoms with E-state index in [0.29, 0.717) is 0 Å². The van der Waals surface area contributed by atoms with Crippen LogP contribution in [0.25, 0.3) is 5.57 Å². The monoisotopic (exact) mass is 395 g/mol. The average Bonchev–Trinajstić information content (AvgIpc) is 2.77. The van der Waals surface area contributed by atoms with Crippen molar-refractivity contribution >= 4 is 11.4 Å². The van der Waals surface area contributed by atoms with Gasteiger partial charge in [0.15, 0.2) is 5.78 Å². The summed E-state index contributed by atoms with van der Waals surface area (Å²) < 4.78 is 0. The molecule has 0 aromatic heterocycles. The molecular formula is C28H29NO. The fourth-order valence-electron chi connectivity index (χ4n) is 4.24. The van der Waals surface area contributed by atoms with Crippen LogP contribution in [0.15, 0.2) is 84.4 Å². The minimum atomic E-state index is 0.111. The van der Waals surface area contributed by atoms with Crippen molar-refractivity contribution < 1.29 is 4.79 Å². The van der Waals surface area contributed by atoms with Gasteiger partial charge in [0.2, 0.25) is 0 Å². The van der Waals surface area contributed by atoms with Crippen LogP contribution in [-0.2, 0) is 6.54 Å². The molecule has 0 atom stereocenters. The summed E-state index contributed by atoms with van der Waals surface area (Å²) in [6.45, 7) is 6.91. The summed E-state index contributed by atoms with van der Waals surface area (Å²) in [6.07, 6.45) is 2.15. The van der Waals surface area contributed by atoms with Gasteiger partial charge in [-0.1, -0.05) is 90.0 Å². The quantitative estimate of drug-likeness (QED) is 0.473. The number of Topliss-reactive ketones (excluding diaryl/α,β-unsaturated/α-hetero) is 1. The highest BCUT2D eigenvalue weighted by Crippen LogP contribution is 2.33. The molecule has 0 aliphatic carbocycles. The highest BCUT2D eigenvalue weighted by molar-refractivity contribution is 5.94. The van der Waals surface area contributed by atoms with E-state index in [-0.39, 0.29) is 5.78 Å². The van der Waals surface area contributed by atoms with Crippen LogP contribution in [0.1, 0.15) is 52.4 Å². The van der Waals surface area contributed by atoms with Gasteiger partial charge in [0.05, 0.1) is 0 Å². The third-order valence-corrected chi connectivity index (χ3v) is 5.98. The SMILES string of the molecule is CC(=O)c1ccc(C(=C2CCN(Cc3ccccc3)CC2)c2ccc(C)cc2)cc1. The molecule has 1 saturated heterocycles. The van der Waals surface area contributed by atoms with Crippen LogP contribution >= 0.6 is 0 Å². The molecule has 1 aliphatic heterocycles. The Kier molecular flexibility index (Phi) is 6.25. The van der Waals surface area contributed by atoms with Gasteiger partial charge >= 0.3 is 0 Å². The second-order valence-electron chi connectivity index (χ2n) is 8.24. The predicted octanol–water partition coefficient (Wildman–Crippen LogP) is 6.30. The first-order chi connectivity index (χ1) is 14.6. The molecule has 0 saturated carbocycles. The van der Waals surface area contributed by atoms with Crippen LogP contribution in [0, 0.1) is 6.92 Å². The first-order valence-electron chi connectivity index (χ1n) is 10.8. The summed E-state index contributed by atoms with van der Waals surface area (Å²) in [5.41, 5.74) is 8.74. The number of nitrogens with zero attached hydrogens (tertiary/aromatic N) is 1. The summed E-state index contributed by atoms with van der Waals surface area (Å²) in [5, 5.41) is 0. The molecule has 1 aliphatic rings. The number of rotatable bonds is 5. The van der Waals surface area contributed by atoms with Gasteiger partial charge < -0.3 is 0 Å². The summed E-state index contributed by atoms with van der Waals surface area (Å²) in [4.78, 5) is 14.3. The molecule has 1 fully saturated rings. The first kappa shape index (κ1) is 20.3. The smallest absolute Gasteiger partial charge is 0.159 e. The highest BCUT2D eigenvalue weighted by atomic mass is 16.1. The fourth-order valence-corrected chi connectivity index (χ4v) is 4.24. The molecule has 0 N–H and O–H groups in total. The third kappa shape index (κ3) is 4.77. The van der Waals surface area contributed by atoms with Crippen LogP contribution < -0.4 is 0 Å². The second-order valence-corrected chi connectivity index (χ2v) is 8.24. The zero-order valence-corrected chi connectivity index (χ0v) is 17.9. The van der Waals surface area contributed by atoms with Gasteiger partial charge in [-0.3, -0.25) is 9.69 Å². The molecule has 0 amide bonds. The van der Waals surface area contributed by atoms with E-state index in [9.17, 15) is 4.79 Å². The Hall–Kier alpha value is -2.97. The fraction of sp³-hybridized carbons (Fsp3) is 0.250. The van der Waals surface area contributed by atoms with Crippen molar-refractivity contribution in [1.29, 1.82) is 0 Å². The van der Waals surface area contributed by atoms with E-state index in [2.05, 4.69) is 78.6 Å². The molecule has 0 spiro atoms. The number of carbonyl (C=O) groups is 1. The Morgan fingerprint density at radius 3 is 1.87 bits per heavy atom. The molecule has 3 aromatic rings. The average molecular weight is 396 g/mol. The molecule has 1 heterocycles. The maximum atomic E-state index is 11.7. The maximum Gasteiger partial charge on any atom is 0.159 e. The minimum absolute atomic E-state index is 0.111. The number of likely N-dealkylation sites (tertiary alicyclic amines) is 1. The van der Waals surface area contributed by atoms with Crippen molar-refractivity contribution in [2.24, 2.45) is 0 Å². The third-order valence-electron chi connectivity index (χ3n) is 5.98. The lowest BCUT2D eigenvalue weighted by Gasteiger charge is -2.30. The largest absolute Gasteiger partial charge is 0.298 e. The summed E-state index contributed by atoms with van der Waals surface area (Å²) in [6, 6.07) is 27.7. The Balaban J connectivity index is 1.61. The van der Waals surface area contributed by atoms with E-state index < -0.39 is 0 Å². The number of piperidine rings is 1. The van der Waals surface area contributed by atoms with E-state index in [1.165, 1.54) is 33.4 Å². The molecule has 2 heteroatoms. The van der Waals surface area contributed by atoms with Crippen LogP contribution in [0.2, 0.25) is 0 Å². The van der Waals surface area contributed by atoms with Gasteiger partial charge in [-0.05, 0) is 49.0 Å². The van der Waals surface area contributed by atoms with Gasteiger partial charge in [0, 0.05) is 25.2 Å². The Labute approximate surface area is 179 Å². The summed E-state index contributed by atoms with van der Waals surface area (Å²) in [5.74, 6) is 0.111. The van der Waals surface area contributed by atoms with Crippen molar-refractivity contribution in [2.75, 3.05) is 13.1 Å². The highest BCUT2D eigenvalue weighted by Gasteiger charge is 2.19. The van der Waals surface area contributed by atoms with Crippen LogP contribution in [0.4, 0.5) is 0 Å². The molecule has 0 unspecified atom stereocenters. The molecular weight excluding hydrogens is 366 g/mol. The minimum Gasteiger partial charge on any atom is -0.298 e. The van der Waals surface area contributed by atoms with Crippen LogP contribution in [0.5, 0.6) is 0 Å². The standard InChI is InChI=1S/C28H29NO/c1-21-8-10-25(11-9-21)28(26-14-12-24(13-15-26)22(2)30)27-16-18-29(19-17-27)20-23-6-4-3-5-7-23/h3-15H,16-20H2,1-2H3. The topological polar surface area (TPSA) is 20.3 Å². The van der Waals surface area contributed by atoms with Crippen LogP contribution in [-0.4, -0.2) is 23.8 Å². The van der Waals surface area contributed by atoms with E-state index in [0.717, 1.165) is 38.0 Å². The zero-order chi connectivity index (χ0) is 20.9. The van der Waals surface area contributed by atoms with E-state index in [1.807, 2.05) is 12.1 Å². The van der Waals surface area contributed by atoms with Crippen molar-refractivity contribution in [3.63, 3.8) is 0 Å². The number of benzene rings is 3. The Morgan fingerprint density at radius 1 is 0.767 bits per heavy atom. The molecule has 30 heavy (non-hydrogen) atoms. The maximum absolute atomic E-state index is 11.7. The molecule has 152 valence electrons. The number of aryl methyl sites for hydroxylation is 1. The lowest BCUT2D eigenvalue weighted by Crippen LogP contribution is -2.30. The van der Waals surface area contributed by atoms with Gasteiger partial charge in [-0.2, -0.15) is 0 Å². The first-order valence-corrected chi connectivity index (χ1v) is 10.8. The van der Waals surface area contributed by atoms with Crippen molar-refractivity contribution in [1.82, 2.24) is 4.90 Å². The summed E-state index contributed by atoms with van der Waals surface area (Å²) in [7, 11) is 0. The van der Waals surface area contributed by atoms with Gasteiger partial charge in [0.1, 0.15) is 0 Å². The lowest BCUT2D eigenvalue weighted by atomic mass is 9.87. The summed E-state index contributed by atoms with van der Waals surface area (Å²) >= 11 is 0. The lowest BCUT2D eigenvalue weighted by molar-refractivity contribution is 0.101. The molecule has 0 radical (unpaired) electrons. The predicted molar refractivity (Wildman–Crippen MR) is 125 cm³/mol. The van der Waals surface area contributed by atoms with Crippen molar-refractivity contribution in [2.45, 2.75) is 33.2 Å². The number of hydrogen-bond donors (Lipinski definition) is 0. The Morgan fingerprint density at radius 2 is 1.30 bits per heavy atom. The van der Waals surface area contributed by atoms with Crippen molar-refractivity contribution in [3.05, 3.63) is 112 Å². The molecule has 3 aromatic carbocycles. The Bertz CT molecular complexity index is 1020. The van der Waals surface area contributed by atoms with Gasteiger partial charge in [-0.15, -0.1) is 0 Å². The number of hydrogen-bond acceptors (Lipinski definition) is 2. The zero-order valence-electron chi connectivity index (χ0n) is 17.9. The normalized spacial score (nSPS) is 14.5. The van der Waals surface area contributed by atoms with E-state index >= 15 is 0 Å². The van der Waals surface area contributed by atoms with E-state index in [4.69, 9.17) is 0 Å². The molecule has 2 nitrogen and oxygen atoms in total. The van der Waals surface area contributed by atoms with Crippen molar-refractivity contribution in [3.8, 4) is 0 Å². The molecule has 4 rings (SSSR count). The molecule has 0 bridgehead atoms. The number of carbonyl (C=O) groups excluding carboxylic acids is 1. The van der Waals surface area contributed by atoms with Crippen LogP contribution in [0.3, 0.4) is 0 Å². The van der Waals surface area contributed by atoms with Gasteiger partial charge in [0.25, 0.3) is 0 Å². The number of ketones is 1. The second kappa shape index (κ2) is 9.23. The van der Waals surface area contributed by atoms with E-state index in [1.54, 1.807) is 6.92 Å². The van der Waals surface area contributed by atoms with Gasteiger partial charge in [-0.25, -0.2) is 0 Å².